The van der Waals surface area contributed by atoms with Gasteiger partial charge < -0.3 is 8.85 Å². The Morgan fingerprint density at radius 2 is 0.781 bits per heavy atom. The van der Waals surface area contributed by atoms with E-state index < -0.39 is 16.6 Å². The Labute approximate surface area is 203 Å². The van der Waals surface area contributed by atoms with E-state index in [4.69, 9.17) is 8.85 Å². The molecule has 0 aliphatic rings. The molecule has 186 valence electrons. The molecular weight excluding hydrogens is 424 g/mol. The molecule has 0 atom stereocenters. The van der Waals surface area contributed by atoms with Gasteiger partial charge in [0.1, 0.15) is 0 Å². The van der Waals surface area contributed by atoms with Crippen LogP contribution >= 0.6 is 0 Å². The molecule has 0 saturated heterocycles. The minimum Gasteiger partial charge on any atom is -0.410 e. The molecule has 4 heteroatoms. The molecule has 0 heterocycles. The molecule has 0 unspecified atom stereocenters. The summed E-state index contributed by atoms with van der Waals surface area (Å²) < 4.78 is 13.7. The smallest absolute Gasteiger partial charge is 0.224 e. The Kier molecular flexibility index (Phi) is 14.3. The SMILES string of the molecule is CCCC[Si](CCCC)(OC(C)C)c1ccc([Si](CCCC)(CCCC)OC(C)C)cc1. The van der Waals surface area contributed by atoms with E-state index in [0.29, 0.717) is 12.2 Å². The Bertz CT molecular complexity index is 529. The summed E-state index contributed by atoms with van der Waals surface area (Å²) in [5.41, 5.74) is 0. The van der Waals surface area contributed by atoms with Crippen LogP contribution in [-0.4, -0.2) is 28.8 Å². The summed E-state index contributed by atoms with van der Waals surface area (Å²) in [5, 5.41) is 3.02. The second-order valence-corrected chi connectivity index (χ2v) is 17.9. The molecule has 0 radical (unpaired) electrons. The number of benzene rings is 1. The summed E-state index contributed by atoms with van der Waals surface area (Å²) in [4.78, 5) is 0. The standard InChI is InChI=1S/C28H54O2Si2/c1-9-13-21-31(22-14-10-2,29-25(5)6)27-17-19-28(20-18-27)32(23-15-11-3,24-16-12-4)30-26(7)8/h17-20,25-26H,9-16,21-24H2,1-8H3. The van der Waals surface area contributed by atoms with Crippen molar-refractivity contribution in [1.82, 2.24) is 0 Å². The lowest BCUT2D eigenvalue weighted by Crippen LogP contribution is -2.55. The summed E-state index contributed by atoms with van der Waals surface area (Å²) >= 11 is 0. The van der Waals surface area contributed by atoms with Crippen LogP contribution in [0.15, 0.2) is 24.3 Å². The van der Waals surface area contributed by atoms with Crippen molar-refractivity contribution in [2.45, 2.75) is 143 Å². The Morgan fingerprint density at radius 3 is 0.969 bits per heavy atom. The highest BCUT2D eigenvalue weighted by Crippen LogP contribution is 2.27. The van der Waals surface area contributed by atoms with Gasteiger partial charge in [0, 0.05) is 12.2 Å². The van der Waals surface area contributed by atoms with Crippen molar-refractivity contribution in [2.75, 3.05) is 0 Å². The van der Waals surface area contributed by atoms with Crippen molar-refractivity contribution >= 4 is 27.0 Å². The zero-order chi connectivity index (χ0) is 24.0. The zero-order valence-electron chi connectivity index (χ0n) is 22.8. The van der Waals surface area contributed by atoms with Crippen LogP contribution in [0, 0.1) is 0 Å². The van der Waals surface area contributed by atoms with Crippen molar-refractivity contribution in [3.8, 4) is 0 Å². The normalized spacial score (nSPS) is 12.8. The quantitative estimate of drug-likeness (QED) is 0.199. The molecule has 1 aromatic rings. The van der Waals surface area contributed by atoms with E-state index >= 15 is 0 Å². The third-order valence-electron chi connectivity index (χ3n) is 6.60. The maximum Gasteiger partial charge on any atom is 0.224 e. The maximum atomic E-state index is 6.87. The highest BCUT2D eigenvalue weighted by molar-refractivity contribution is 6.88. The van der Waals surface area contributed by atoms with Gasteiger partial charge in [0.25, 0.3) is 0 Å². The minimum absolute atomic E-state index is 0.293. The first-order valence-electron chi connectivity index (χ1n) is 13.8. The van der Waals surface area contributed by atoms with Crippen LogP contribution in [0.25, 0.3) is 0 Å². The topological polar surface area (TPSA) is 18.5 Å². The summed E-state index contributed by atoms with van der Waals surface area (Å²) in [6.07, 6.45) is 10.6. The van der Waals surface area contributed by atoms with Crippen LogP contribution < -0.4 is 10.4 Å². The van der Waals surface area contributed by atoms with Gasteiger partial charge in [-0.1, -0.05) is 103 Å². The van der Waals surface area contributed by atoms with Crippen LogP contribution in [0.2, 0.25) is 24.2 Å². The Morgan fingerprint density at radius 1 is 0.531 bits per heavy atom. The zero-order valence-corrected chi connectivity index (χ0v) is 24.8. The molecule has 0 N–H and O–H groups in total. The second kappa shape index (κ2) is 15.5. The highest BCUT2D eigenvalue weighted by Gasteiger charge is 2.40. The molecule has 0 aliphatic carbocycles. The first-order chi connectivity index (χ1) is 15.3. The predicted octanol–water partition coefficient (Wildman–Crippen LogP) is 8.04. The van der Waals surface area contributed by atoms with Gasteiger partial charge >= 0.3 is 0 Å². The minimum atomic E-state index is -1.97. The van der Waals surface area contributed by atoms with Crippen molar-refractivity contribution in [1.29, 1.82) is 0 Å². The molecule has 0 aromatic heterocycles. The molecule has 32 heavy (non-hydrogen) atoms. The van der Waals surface area contributed by atoms with Crippen LogP contribution in [0.1, 0.15) is 107 Å². The summed E-state index contributed by atoms with van der Waals surface area (Å²) in [5.74, 6) is 0. The summed E-state index contributed by atoms with van der Waals surface area (Å²) in [6.45, 7) is 18.1. The first kappa shape index (κ1) is 29.6. The van der Waals surface area contributed by atoms with Gasteiger partial charge in [-0.25, -0.2) is 0 Å². The van der Waals surface area contributed by atoms with Crippen molar-refractivity contribution in [3.05, 3.63) is 24.3 Å². The lowest BCUT2D eigenvalue weighted by Gasteiger charge is -2.36. The van der Waals surface area contributed by atoms with E-state index in [1.165, 1.54) is 85.9 Å². The average Bonchev–Trinajstić information content (AvgIpc) is 2.77. The maximum absolute atomic E-state index is 6.87. The van der Waals surface area contributed by atoms with Crippen molar-refractivity contribution in [2.24, 2.45) is 0 Å². The van der Waals surface area contributed by atoms with Crippen LogP contribution in [0.4, 0.5) is 0 Å². The largest absolute Gasteiger partial charge is 0.410 e. The van der Waals surface area contributed by atoms with Crippen LogP contribution in [-0.2, 0) is 8.85 Å². The fraction of sp³-hybridized carbons (Fsp3) is 0.786. The van der Waals surface area contributed by atoms with E-state index in [2.05, 4.69) is 79.7 Å². The van der Waals surface area contributed by atoms with Gasteiger partial charge in [0.05, 0.1) is 0 Å². The lowest BCUT2D eigenvalue weighted by molar-refractivity contribution is 0.229. The summed E-state index contributed by atoms with van der Waals surface area (Å²) in [6, 6.07) is 14.8. The van der Waals surface area contributed by atoms with Gasteiger partial charge in [-0.2, -0.15) is 0 Å². The third kappa shape index (κ3) is 9.08. The predicted molar refractivity (Wildman–Crippen MR) is 149 cm³/mol. The number of unbranched alkanes of at least 4 members (excludes halogenated alkanes) is 4. The third-order valence-corrected chi connectivity index (χ3v) is 15.9. The molecule has 0 spiro atoms. The molecule has 0 bridgehead atoms. The average molecular weight is 479 g/mol. The highest BCUT2D eigenvalue weighted by atomic mass is 28.4. The molecule has 1 rings (SSSR count). The first-order valence-corrected chi connectivity index (χ1v) is 18.4. The van der Waals surface area contributed by atoms with Crippen LogP contribution in [0.5, 0.6) is 0 Å². The molecule has 0 aliphatic heterocycles. The molecular formula is C28H54O2Si2. The van der Waals surface area contributed by atoms with Gasteiger partial charge in [-0.05, 0) is 62.2 Å². The van der Waals surface area contributed by atoms with Gasteiger partial charge in [0.15, 0.2) is 0 Å². The molecule has 0 saturated carbocycles. The molecule has 2 nitrogen and oxygen atoms in total. The van der Waals surface area contributed by atoms with Crippen molar-refractivity contribution < 1.29 is 8.85 Å². The van der Waals surface area contributed by atoms with Gasteiger partial charge in [-0.3, -0.25) is 0 Å². The number of hydrogen-bond acceptors (Lipinski definition) is 2. The van der Waals surface area contributed by atoms with E-state index in [1.807, 2.05) is 0 Å². The van der Waals surface area contributed by atoms with Gasteiger partial charge in [0.2, 0.25) is 16.6 Å². The lowest BCUT2D eigenvalue weighted by atomic mass is 10.3. The fourth-order valence-electron chi connectivity index (χ4n) is 5.03. The van der Waals surface area contributed by atoms with E-state index in [0.717, 1.165) is 0 Å². The Balaban J connectivity index is 3.41. The van der Waals surface area contributed by atoms with E-state index in [9.17, 15) is 0 Å². The number of rotatable bonds is 18. The molecule has 0 fully saturated rings. The van der Waals surface area contributed by atoms with E-state index in [1.54, 1.807) is 0 Å². The molecule has 1 aromatic carbocycles. The van der Waals surface area contributed by atoms with E-state index in [-0.39, 0.29) is 0 Å². The molecule has 0 amide bonds. The van der Waals surface area contributed by atoms with Crippen LogP contribution in [0.3, 0.4) is 0 Å². The second-order valence-electron chi connectivity index (χ2n) is 10.3. The summed E-state index contributed by atoms with van der Waals surface area (Å²) in [7, 11) is -3.93. The van der Waals surface area contributed by atoms with Crippen molar-refractivity contribution in [3.63, 3.8) is 0 Å². The Hall–Kier alpha value is -0.426. The number of hydrogen-bond donors (Lipinski definition) is 0. The monoisotopic (exact) mass is 478 g/mol. The fourth-order valence-corrected chi connectivity index (χ4v) is 14.5. The van der Waals surface area contributed by atoms with Gasteiger partial charge in [-0.15, -0.1) is 0 Å².